The molecule has 2 aromatic heterocycles. The molecule has 2 amide bonds. The zero-order chi connectivity index (χ0) is 40.6. The highest BCUT2D eigenvalue weighted by Gasteiger charge is 2.28. The molecule has 0 spiro atoms. The molecule has 18 heteroatoms. The van der Waals surface area contributed by atoms with E-state index in [1.807, 2.05) is 64.7 Å². The molecule has 4 rings (SSSR count). The summed E-state index contributed by atoms with van der Waals surface area (Å²) in [5.41, 5.74) is -0.883. The molecule has 4 heterocycles. The third-order valence-electron chi connectivity index (χ3n) is 5.76. The largest absolute Gasteiger partial charge is 0.474 e. The first kappa shape index (κ1) is 57.2. The van der Waals surface area contributed by atoms with Crippen LogP contribution in [0.25, 0.3) is 0 Å². The molecule has 1 N–H and O–H groups in total. The van der Waals surface area contributed by atoms with Gasteiger partial charge in [-0.05, 0) is 77.5 Å². The summed E-state index contributed by atoms with van der Waals surface area (Å²) in [5.74, 6) is 0.214. The maximum atomic E-state index is 11.9. The number of ether oxygens (including phenoxy) is 3. The van der Waals surface area contributed by atoms with Crippen molar-refractivity contribution in [3.8, 4) is 5.88 Å². The fourth-order valence-electron chi connectivity index (χ4n) is 3.79. The molecule has 0 atom stereocenters. The zero-order valence-corrected chi connectivity index (χ0v) is 37.0. The van der Waals surface area contributed by atoms with Crippen LogP contribution >= 0.6 is 67.8 Å². The van der Waals surface area contributed by atoms with E-state index < -0.39 is 17.1 Å². The van der Waals surface area contributed by atoms with Crippen LogP contribution in [0.3, 0.4) is 0 Å². The van der Waals surface area contributed by atoms with Crippen LogP contribution in [-0.2, 0) is 28.7 Å². The number of aromatic nitrogens is 2. The lowest BCUT2D eigenvalue weighted by molar-refractivity contribution is -0.193. The van der Waals surface area contributed by atoms with Crippen molar-refractivity contribution >= 4 is 92.3 Å². The van der Waals surface area contributed by atoms with E-state index in [0.717, 1.165) is 12.8 Å². The lowest BCUT2D eigenvalue weighted by atomic mass is 10.1. The summed E-state index contributed by atoms with van der Waals surface area (Å²) in [6, 6.07) is 10.2. The molecule has 2 fully saturated rings. The van der Waals surface area contributed by atoms with Crippen LogP contribution in [0, 0.1) is 5.95 Å². The highest BCUT2D eigenvalue weighted by atomic mass is 127. The Balaban J connectivity index is -0.000000315. The molecule has 0 bridgehead atoms. The van der Waals surface area contributed by atoms with E-state index in [0.29, 0.717) is 44.9 Å². The van der Waals surface area contributed by atoms with E-state index in [2.05, 4.69) is 77.7 Å². The number of hydrogen-bond acceptors (Lipinski definition) is 12. The van der Waals surface area contributed by atoms with Gasteiger partial charge in [-0.1, -0.05) is 87.3 Å². The van der Waals surface area contributed by atoms with E-state index in [-0.39, 0.29) is 44.1 Å². The van der Waals surface area contributed by atoms with Crippen LogP contribution in [0.4, 0.5) is 14.0 Å². The van der Waals surface area contributed by atoms with Crippen LogP contribution in [0.1, 0.15) is 74.7 Å². The molecule has 0 saturated carbocycles. The summed E-state index contributed by atoms with van der Waals surface area (Å²) in [4.78, 5) is 68.8. The van der Waals surface area contributed by atoms with Gasteiger partial charge < -0.3 is 29.1 Å². The highest BCUT2D eigenvalue weighted by molar-refractivity contribution is 14.2. The van der Waals surface area contributed by atoms with Crippen molar-refractivity contribution in [3.63, 3.8) is 0 Å². The van der Waals surface area contributed by atoms with Crippen molar-refractivity contribution in [2.24, 2.45) is 0 Å². The number of rotatable bonds is 2. The number of likely N-dealkylation sites (tertiary alicyclic amines) is 2. The Morgan fingerprint density at radius 3 is 1.42 bits per heavy atom. The number of nitrogens with zero attached hydrogens (tertiary/aromatic N) is 4. The topological polar surface area (TPSA) is 183 Å². The van der Waals surface area contributed by atoms with Crippen LogP contribution in [0.5, 0.6) is 5.88 Å². The smallest absolute Gasteiger partial charge is 0.410 e. The number of aliphatic hydroxyl groups excluding tert-OH is 1. The Kier molecular flexibility index (Phi) is 38.0. The van der Waals surface area contributed by atoms with Crippen LogP contribution in [0.15, 0.2) is 48.8 Å². The lowest BCUT2D eigenvalue weighted by Gasteiger charge is -2.33. The Labute approximate surface area is 354 Å². The molecule has 2 aromatic rings. The van der Waals surface area contributed by atoms with Crippen molar-refractivity contribution in [2.75, 3.05) is 33.5 Å². The fourth-order valence-corrected chi connectivity index (χ4v) is 3.79. The van der Waals surface area contributed by atoms with Gasteiger partial charge in [0.1, 0.15) is 17.3 Å². The number of hydrogen-bond donors (Lipinski definition) is 1. The number of carbonyl (C=O) groups excluding carboxylic acids is 6. The van der Waals surface area contributed by atoms with Gasteiger partial charge in [-0.25, -0.2) is 19.6 Å². The van der Waals surface area contributed by atoms with Gasteiger partial charge in [0.25, 0.3) is 0 Å². The SMILES string of the molecule is C.CC(C)(C)OC(=O)N1CCC(O)CC1.CC(C)(C)OC(=O)N1CCC(Oc2ccccn2)CC1.CI.Fc1ccccn1.ICI.O=C=O.O=C=O. The van der Waals surface area contributed by atoms with Gasteiger partial charge >= 0.3 is 24.5 Å². The second-order valence-electron chi connectivity index (χ2n) is 12.1. The Hall–Kier alpha value is -2.52. The second-order valence-corrected chi connectivity index (χ2v) is 16.5. The van der Waals surface area contributed by atoms with Gasteiger partial charge in [0.2, 0.25) is 11.8 Å². The number of amides is 2. The van der Waals surface area contributed by atoms with Crippen molar-refractivity contribution in [1.82, 2.24) is 19.8 Å². The lowest BCUT2D eigenvalue weighted by Crippen LogP contribution is -2.44. The molecule has 0 aliphatic carbocycles. The number of halogens is 4. The van der Waals surface area contributed by atoms with Crippen molar-refractivity contribution in [3.05, 3.63) is 54.7 Å². The van der Waals surface area contributed by atoms with Crippen molar-refractivity contribution < 1.29 is 52.5 Å². The average Bonchev–Trinajstić information content (AvgIpc) is 3.07. The van der Waals surface area contributed by atoms with Crippen molar-refractivity contribution in [2.45, 2.75) is 98.1 Å². The fraction of sp³-hybridized carbons (Fsp3) is 0.600. The highest BCUT2D eigenvalue weighted by Crippen LogP contribution is 2.19. The molecule has 53 heavy (non-hydrogen) atoms. The zero-order valence-electron chi connectivity index (χ0n) is 30.6. The van der Waals surface area contributed by atoms with Crippen LogP contribution < -0.4 is 4.74 Å². The Bertz CT molecular complexity index is 1230. The predicted molar refractivity (Wildman–Crippen MR) is 223 cm³/mol. The van der Waals surface area contributed by atoms with Gasteiger partial charge in [-0.2, -0.15) is 23.6 Å². The quantitative estimate of drug-likeness (QED) is 0.175. The molecule has 0 aromatic carbocycles. The van der Waals surface area contributed by atoms with Crippen molar-refractivity contribution in [1.29, 1.82) is 0 Å². The minimum Gasteiger partial charge on any atom is -0.474 e. The maximum absolute atomic E-state index is 11.9. The third kappa shape index (κ3) is 36.2. The molecule has 2 aliphatic rings. The number of carbonyl (C=O) groups is 2. The molecule has 0 radical (unpaired) electrons. The number of alkyl halides is 3. The summed E-state index contributed by atoms with van der Waals surface area (Å²) in [7, 11) is 0. The first-order valence-electron chi connectivity index (χ1n) is 15.7. The molecule has 2 saturated heterocycles. The molecular weight excluding hydrogens is 1040 g/mol. The molecule has 2 aliphatic heterocycles. The minimum atomic E-state index is -0.446. The average molecular weight is 1090 g/mol. The van der Waals surface area contributed by atoms with Gasteiger partial charge in [0.05, 0.1) is 8.54 Å². The Morgan fingerprint density at radius 2 is 1.13 bits per heavy atom. The van der Waals surface area contributed by atoms with E-state index in [9.17, 15) is 19.1 Å². The summed E-state index contributed by atoms with van der Waals surface area (Å²) in [6.07, 6.45) is 5.88. The molecule has 14 nitrogen and oxygen atoms in total. The molecular formula is C35H54FI3N4O10. The Morgan fingerprint density at radius 1 is 0.774 bits per heavy atom. The minimum absolute atomic E-state index is 0. The van der Waals surface area contributed by atoms with Crippen LogP contribution in [0.2, 0.25) is 0 Å². The number of aliphatic hydroxyl groups is 1. The number of piperidine rings is 2. The third-order valence-corrected chi connectivity index (χ3v) is 5.76. The van der Waals surface area contributed by atoms with Gasteiger partial charge in [0.15, 0.2) is 0 Å². The second kappa shape index (κ2) is 35.2. The van der Waals surface area contributed by atoms with Crippen LogP contribution in [-0.4, -0.2) is 106 Å². The monoisotopic (exact) mass is 1090 g/mol. The summed E-state index contributed by atoms with van der Waals surface area (Å²) in [6.45, 7) is 13.7. The molecule has 0 unspecified atom stereocenters. The van der Waals surface area contributed by atoms with E-state index in [1.165, 1.54) is 14.7 Å². The summed E-state index contributed by atoms with van der Waals surface area (Å²) in [5, 5.41) is 9.26. The van der Waals surface area contributed by atoms with Gasteiger partial charge in [0, 0.05) is 57.5 Å². The number of pyridine rings is 2. The van der Waals surface area contributed by atoms with Gasteiger partial charge in [-0.15, -0.1) is 0 Å². The molecule has 302 valence electrons. The van der Waals surface area contributed by atoms with E-state index >= 15 is 0 Å². The predicted octanol–water partition coefficient (Wildman–Crippen LogP) is 7.79. The van der Waals surface area contributed by atoms with E-state index in [1.54, 1.807) is 28.1 Å². The standard InChI is InChI=1S/C15H22N2O3.C10H19NO3.C5H4FN.CH2I2.CH3I.2CO2.CH4/c1-15(2,3)20-14(18)17-10-7-12(8-11-17)19-13-6-4-5-9-16-13;1-10(2,3)14-9(13)11-6-4-8(12)5-7-11;6-5-3-1-2-4-7-5;2-1-3;1-2;2*2-1-3;/h4-6,9,12H,7-8,10-11H2,1-3H3;8,12H,4-7H2,1-3H3;1-4H;1H2;1H3;;;1H4. The summed E-state index contributed by atoms with van der Waals surface area (Å²) < 4.78 is 29.4. The summed E-state index contributed by atoms with van der Waals surface area (Å²) >= 11 is 6.70. The maximum Gasteiger partial charge on any atom is 0.410 e. The normalized spacial score (nSPS) is 13.4. The van der Waals surface area contributed by atoms with E-state index in [4.69, 9.17) is 33.4 Å². The first-order chi connectivity index (χ1) is 24.5. The first-order valence-corrected chi connectivity index (χ1v) is 20.9. The van der Waals surface area contributed by atoms with Gasteiger partial charge in [-0.3, -0.25) is 0 Å².